The Morgan fingerprint density at radius 3 is 1.90 bits per heavy atom. The number of hydrogen-bond donors (Lipinski definition) is 0. The van der Waals surface area contributed by atoms with Crippen LogP contribution in [0.15, 0.2) is 36.4 Å². The highest BCUT2D eigenvalue weighted by molar-refractivity contribution is 5.28. The molecule has 0 spiro atoms. The van der Waals surface area contributed by atoms with E-state index in [0.29, 0.717) is 12.7 Å². The second-order valence-electron chi connectivity index (χ2n) is 8.62. The van der Waals surface area contributed by atoms with Gasteiger partial charge in [0.15, 0.2) is 0 Å². The molecule has 0 aliphatic carbocycles. The van der Waals surface area contributed by atoms with Gasteiger partial charge in [0.05, 0.1) is 6.61 Å². The number of epoxide rings is 1. The first-order valence-corrected chi connectivity index (χ1v) is 12.4. The lowest BCUT2D eigenvalue weighted by molar-refractivity contribution is 0.263. The average molecular weight is 401 g/mol. The summed E-state index contributed by atoms with van der Waals surface area (Å²) in [4.78, 5) is 0. The first-order valence-electron chi connectivity index (χ1n) is 12.4. The summed E-state index contributed by atoms with van der Waals surface area (Å²) >= 11 is 0. The third kappa shape index (κ3) is 13.5. The van der Waals surface area contributed by atoms with Crippen molar-refractivity contribution >= 4 is 0 Å². The molecule has 1 fully saturated rings. The van der Waals surface area contributed by atoms with Crippen LogP contribution >= 0.6 is 0 Å². The lowest BCUT2D eigenvalue weighted by atomic mass is 10.0. The van der Waals surface area contributed by atoms with Crippen molar-refractivity contribution in [3.05, 3.63) is 42.0 Å². The zero-order valence-electron chi connectivity index (χ0n) is 18.9. The van der Waals surface area contributed by atoms with Crippen LogP contribution in [0.2, 0.25) is 0 Å². The largest absolute Gasteiger partial charge is 0.491 e. The van der Waals surface area contributed by atoms with Crippen LogP contribution in [0, 0.1) is 0 Å². The molecule has 0 amide bonds. The van der Waals surface area contributed by atoms with Gasteiger partial charge in [0, 0.05) is 0 Å². The minimum atomic E-state index is 0.322. The Balaban J connectivity index is 1.34. The Bertz CT molecular complexity index is 516. The quantitative estimate of drug-likeness (QED) is 0.133. The Morgan fingerprint density at radius 2 is 1.34 bits per heavy atom. The van der Waals surface area contributed by atoms with E-state index in [4.69, 9.17) is 9.47 Å². The summed E-state index contributed by atoms with van der Waals surface area (Å²) in [5, 5.41) is 0. The topological polar surface area (TPSA) is 21.8 Å². The fourth-order valence-corrected chi connectivity index (χ4v) is 3.69. The van der Waals surface area contributed by atoms with Gasteiger partial charge in [-0.2, -0.15) is 0 Å². The molecule has 29 heavy (non-hydrogen) atoms. The second kappa shape index (κ2) is 16.5. The molecule has 1 atom stereocenters. The molecule has 1 saturated heterocycles. The van der Waals surface area contributed by atoms with Crippen LogP contribution in [0.4, 0.5) is 0 Å². The van der Waals surface area contributed by atoms with Crippen LogP contribution in [-0.4, -0.2) is 19.3 Å². The van der Waals surface area contributed by atoms with Crippen LogP contribution in [0.25, 0.3) is 0 Å². The lowest BCUT2D eigenvalue weighted by Crippen LogP contribution is -2.03. The maximum atomic E-state index is 5.68. The van der Waals surface area contributed by atoms with Crippen molar-refractivity contribution < 1.29 is 9.47 Å². The summed E-state index contributed by atoms with van der Waals surface area (Å²) in [6, 6.07) is 8.47. The smallest absolute Gasteiger partial charge is 0.119 e. The van der Waals surface area contributed by atoms with Crippen molar-refractivity contribution in [2.45, 2.75) is 109 Å². The third-order valence-corrected chi connectivity index (χ3v) is 5.76. The summed E-state index contributed by atoms with van der Waals surface area (Å²) in [7, 11) is 0. The fourth-order valence-electron chi connectivity index (χ4n) is 3.69. The van der Waals surface area contributed by atoms with E-state index in [2.05, 4.69) is 43.3 Å². The van der Waals surface area contributed by atoms with Crippen LogP contribution < -0.4 is 4.74 Å². The summed E-state index contributed by atoms with van der Waals surface area (Å²) in [5.74, 6) is 0.945. The highest BCUT2D eigenvalue weighted by Crippen LogP contribution is 2.17. The molecule has 1 aromatic carbocycles. The zero-order chi connectivity index (χ0) is 20.4. The van der Waals surface area contributed by atoms with E-state index in [1.807, 2.05) is 0 Å². The Morgan fingerprint density at radius 1 is 0.793 bits per heavy atom. The van der Waals surface area contributed by atoms with Gasteiger partial charge in [0.1, 0.15) is 18.5 Å². The van der Waals surface area contributed by atoms with Crippen molar-refractivity contribution in [3.8, 4) is 5.75 Å². The molecular formula is C27H44O2. The number of hydrogen-bond acceptors (Lipinski definition) is 2. The van der Waals surface area contributed by atoms with Crippen molar-refractivity contribution in [2.75, 3.05) is 13.2 Å². The van der Waals surface area contributed by atoms with Crippen molar-refractivity contribution in [1.29, 1.82) is 0 Å². The molecule has 1 unspecified atom stereocenters. The van der Waals surface area contributed by atoms with Gasteiger partial charge in [-0.3, -0.25) is 0 Å². The number of ether oxygens (including phenoxy) is 2. The fraction of sp³-hybridized carbons (Fsp3) is 0.704. The summed E-state index contributed by atoms with van der Waals surface area (Å²) in [6.45, 7) is 3.82. The molecule has 1 aliphatic rings. The minimum Gasteiger partial charge on any atom is -0.491 e. The van der Waals surface area contributed by atoms with Gasteiger partial charge in [-0.25, -0.2) is 0 Å². The van der Waals surface area contributed by atoms with Gasteiger partial charge in [-0.1, -0.05) is 108 Å². The van der Waals surface area contributed by atoms with E-state index in [1.165, 1.54) is 95.5 Å². The minimum absolute atomic E-state index is 0.322. The van der Waals surface area contributed by atoms with Gasteiger partial charge >= 0.3 is 0 Å². The van der Waals surface area contributed by atoms with Crippen molar-refractivity contribution in [3.63, 3.8) is 0 Å². The second-order valence-corrected chi connectivity index (χ2v) is 8.62. The Kier molecular flexibility index (Phi) is 13.7. The summed E-state index contributed by atoms with van der Waals surface area (Å²) < 4.78 is 10.8. The first-order chi connectivity index (χ1) is 14.4. The molecule has 2 nitrogen and oxygen atoms in total. The van der Waals surface area contributed by atoms with Gasteiger partial charge in [-0.15, -0.1) is 0 Å². The van der Waals surface area contributed by atoms with Crippen molar-refractivity contribution in [1.82, 2.24) is 0 Å². The third-order valence-electron chi connectivity index (χ3n) is 5.76. The highest BCUT2D eigenvalue weighted by Gasteiger charge is 2.22. The number of benzene rings is 1. The molecule has 1 heterocycles. The first kappa shape index (κ1) is 24.0. The molecule has 0 radical (unpaired) electrons. The monoisotopic (exact) mass is 400 g/mol. The van der Waals surface area contributed by atoms with E-state index >= 15 is 0 Å². The van der Waals surface area contributed by atoms with E-state index in [9.17, 15) is 0 Å². The average Bonchev–Trinajstić information content (AvgIpc) is 3.57. The van der Waals surface area contributed by atoms with Gasteiger partial charge in [0.2, 0.25) is 0 Å². The normalized spacial score (nSPS) is 15.8. The molecule has 1 aliphatic heterocycles. The SMILES string of the molecule is CCCCCCCCCCCCCCC/C=C/Cc1ccc(OCC2CO2)cc1. The van der Waals surface area contributed by atoms with E-state index < -0.39 is 0 Å². The predicted molar refractivity (Wildman–Crippen MR) is 125 cm³/mol. The van der Waals surface area contributed by atoms with Crippen LogP contribution in [0.5, 0.6) is 5.75 Å². The molecular weight excluding hydrogens is 356 g/mol. The number of unbranched alkanes of at least 4 members (excludes halogenated alkanes) is 13. The predicted octanol–water partition coefficient (Wildman–Crippen LogP) is 8.04. The van der Waals surface area contributed by atoms with E-state index in [-0.39, 0.29) is 0 Å². The molecule has 1 aromatic rings. The molecule has 2 heteroatoms. The molecule has 164 valence electrons. The molecule has 0 bridgehead atoms. The van der Waals surface area contributed by atoms with Crippen LogP contribution in [0.3, 0.4) is 0 Å². The molecule has 2 rings (SSSR count). The molecule has 0 saturated carbocycles. The molecule has 0 aromatic heterocycles. The zero-order valence-corrected chi connectivity index (χ0v) is 18.9. The van der Waals surface area contributed by atoms with Gasteiger partial charge < -0.3 is 9.47 Å². The maximum absolute atomic E-state index is 5.68. The van der Waals surface area contributed by atoms with Gasteiger partial charge in [-0.05, 0) is 37.0 Å². The Hall–Kier alpha value is -1.28. The van der Waals surface area contributed by atoms with Crippen molar-refractivity contribution in [2.24, 2.45) is 0 Å². The van der Waals surface area contributed by atoms with Gasteiger partial charge in [0.25, 0.3) is 0 Å². The number of rotatable bonds is 19. The highest BCUT2D eigenvalue weighted by atomic mass is 16.6. The Labute approximate surface area is 180 Å². The number of allylic oxidation sites excluding steroid dienone is 2. The van der Waals surface area contributed by atoms with E-state index in [0.717, 1.165) is 18.8 Å². The molecule has 0 N–H and O–H groups in total. The maximum Gasteiger partial charge on any atom is 0.119 e. The van der Waals surface area contributed by atoms with E-state index in [1.54, 1.807) is 0 Å². The summed E-state index contributed by atoms with van der Waals surface area (Å²) in [6.07, 6.45) is 25.8. The van der Waals surface area contributed by atoms with Crippen LogP contribution in [-0.2, 0) is 11.2 Å². The van der Waals surface area contributed by atoms with Crippen LogP contribution in [0.1, 0.15) is 102 Å². The lowest BCUT2D eigenvalue weighted by Gasteiger charge is -2.04. The summed E-state index contributed by atoms with van der Waals surface area (Å²) in [5.41, 5.74) is 1.35. The standard InChI is InChI=1S/C27H44O2/c1-2-3-4-5-6-7-8-9-10-11-12-13-14-15-16-17-18-25-19-21-26(22-20-25)28-23-27-24-29-27/h16-17,19-22,27H,2-15,18,23-24H2,1H3/b17-16+.